The summed E-state index contributed by atoms with van der Waals surface area (Å²) < 4.78 is 12.0. The standard InChI is InChI=1S/C12H20N2OS/c1-10-5-6-11(13)12(9-10)16(15)8-4-7-14(2)3/h5-6,9H,4,7-8,13H2,1-3H3. The Balaban J connectivity index is 2.62. The summed E-state index contributed by atoms with van der Waals surface area (Å²) in [5.74, 6) is 0.672. The second kappa shape index (κ2) is 6.01. The third kappa shape index (κ3) is 3.94. The molecule has 1 atom stereocenters. The molecule has 0 spiro atoms. The number of nitrogens with two attached hydrogens (primary N) is 1. The summed E-state index contributed by atoms with van der Waals surface area (Å²) in [6.45, 7) is 2.94. The van der Waals surface area contributed by atoms with E-state index in [0.29, 0.717) is 11.4 Å². The summed E-state index contributed by atoms with van der Waals surface area (Å²) in [6.07, 6.45) is 0.924. The second-order valence-electron chi connectivity index (χ2n) is 4.25. The van der Waals surface area contributed by atoms with Gasteiger partial charge in [-0.25, -0.2) is 0 Å². The van der Waals surface area contributed by atoms with Gasteiger partial charge in [-0.2, -0.15) is 0 Å². The highest BCUT2D eigenvalue weighted by molar-refractivity contribution is 7.85. The fraction of sp³-hybridized carbons (Fsp3) is 0.500. The molecule has 2 N–H and O–H groups in total. The highest BCUT2D eigenvalue weighted by Gasteiger charge is 2.08. The number of benzene rings is 1. The van der Waals surface area contributed by atoms with E-state index < -0.39 is 10.8 Å². The van der Waals surface area contributed by atoms with Crippen molar-refractivity contribution in [1.82, 2.24) is 4.90 Å². The molecule has 0 aliphatic carbocycles. The fourth-order valence-corrected chi connectivity index (χ4v) is 2.72. The zero-order chi connectivity index (χ0) is 12.1. The molecule has 0 radical (unpaired) electrons. The predicted octanol–water partition coefficient (Wildman–Crippen LogP) is 1.64. The van der Waals surface area contributed by atoms with Crippen LogP contribution >= 0.6 is 0 Å². The highest BCUT2D eigenvalue weighted by atomic mass is 32.2. The van der Waals surface area contributed by atoms with Crippen molar-refractivity contribution in [2.45, 2.75) is 18.2 Å². The van der Waals surface area contributed by atoms with E-state index in [1.165, 1.54) is 0 Å². The zero-order valence-corrected chi connectivity index (χ0v) is 11.0. The third-order valence-electron chi connectivity index (χ3n) is 2.35. The molecule has 90 valence electrons. The Morgan fingerprint density at radius 3 is 2.69 bits per heavy atom. The first-order chi connectivity index (χ1) is 7.50. The average molecular weight is 240 g/mol. The molecular weight excluding hydrogens is 220 g/mol. The SMILES string of the molecule is Cc1ccc(N)c(S(=O)CCCN(C)C)c1. The van der Waals surface area contributed by atoms with E-state index >= 15 is 0 Å². The van der Waals surface area contributed by atoms with Gasteiger partial charge in [0.05, 0.1) is 15.7 Å². The van der Waals surface area contributed by atoms with Crippen molar-refractivity contribution in [1.29, 1.82) is 0 Å². The molecule has 0 amide bonds. The molecule has 0 aromatic heterocycles. The molecule has 1 aromatic rings. The third-order valence-corrected chi connectivity index (χ3v) is 3.85. The first-order valence-electron chi connectivity index (χ1n) is 5.40. The first-order valence-corrected chi connectivity index (χ1v) is 6.72. The largest absolute Gasteiger partial charge is 0.398 e. The lowest BCUT2D eigenvalue weighted by molar-refractivity contribution is 0.409. The number of nitrogens with zero attached hydrogens (tertiary/aromatic N) is 1. The number of rotatable bonds is 5. The molecule has 1 aromatic carbocycles. The molecule has 3 nitrogen and oxygen atoms in total. The van der Waals surface area contributed by atoms with Crippen molar-refractivity contribution < 1.29 is 4.21 Å². The Bertz CT molecular complexity index is 377. The van der Waals surface area contributed by atoms with Crippen molar-refractivity contribution in [3.63, 3.8) is 0 Å². The number of aryl methyl sites for hydroxylation is 1. The monoisotopic (exact) mass is 240 g/mol. The maximum atomic E-state index is 12.0. The van der Waals surface area contributed by atoms with Crippen molar-refractivity contribution in [2.75, 3.05) is 32.1 Å². The van der Waals surface area contributed by atoms with E-state index in [0.717, 1.165) is 23.4 Å². The summed E-state index contributed by atoms with van der Waals surface area (Å²) in [5.41, 5.74) is 7.55. The smallest absolute Gasteiger partial charge is 0.0620 e. The number of hydrogen-bond donors (Lipinski definition) is 1. The second-order valence-corrected chi connectivity index (χ2v) is 5.79. The van der Waals surface area contributed by atoms with Crippen LogP contribution < -0.4 is 5.73 Å². The van der Waals surface area contributed by atoms with Crippen molar-refractivity contribution in [2.24, 2.45) is 0 Å². The molecular formula is C12H20N2OS. The van der Waals surface area contributed by atoms with Crippen LogP contribution in [0.4, 0.5) is 5.69 Å². The summed E-state index contributed by atoms with van der Waals surface area (Å²) >= 11 is 0. The van der Waals surface area contributed by atoms with Gasteiger partial charge in [-0.3, -0.25) is 4.21 Å². The minimum Gasteiger partial charge on any atom is -0.398 e. The van der Waals surface area contributed by atoms with E-state index in [4.69, 9.17) is 5.73 Å². The molecule has 16 heavy (non-hydrogen) atoms. The van der Waals surface area contributed by atoms with Crippen molar-refractivity contribution in [3.05, 3.63) is 23.8 Å². The molecule has 0 saturated heterocycles. The van der Waals surface area contributed by atoms with E-state index in [1.54, 1.807) is 0 Å². The van der Waals surface area contributed by atoms with E-state index in [1.807, 2.05) is 39.2 Å². The Kier molecular flexibility index (Phi) is 4.96. The van der Waals surface area contributed by atoms with Gasteiger partial charge < -0.3 is 10.6 Å². The van der Waals surface area contributed by atoms with E-state index in [2.05, 4.69) is 4.90 Å². The summed E-state index contributed by atoms with van der Waals surface area (Å²) in [7, 11) is 3.06. The van der Waals surface area contributed by atoms with Gasteiger partial charge in [0.25, 0.3) is 0 Å². The lowest BCUT2D eigenvalue weighted by atomic mass is 10.2. The molecule has 4 heteroatoms. The molecule has 0 bridgehead atoms. The Labute approximate surface area is 100 Å². The minimum absolute atomic E-state index is 0.633. The minimum atomic E-state index is -0.973. The topological polar surface area (TPSA) is 46.3 Å². The molecule has 0 fully saturated rings. The number of nitrogen functional groups attached to an aromatic ring is 1. The van der Waals surface area contributed by atoms with E-state index in [-0.39, 0.29) is 0 Å². The van der Waals surface area contributed by atoms with Crippen molar-refractivity contribution in [3.8, 4) is 0 Å². The Morgan fingerprint density at radius 1 is 1.38 bits per heavy atom. The Morgan fingerprint density at radius 2 is 2.06 bits per heavy atom. The normalized spacial score (nSPS) is 13.0. The molecule has 0 aliphatic heterocycles. The van der Waals surface area contributed by atoms with Crippen LogP contribution in [0.5, 0.6) is 0 Å². The Hall–Kier alpha value is -0.870. The van der Waals surface area contributed by atoms with Crippen LogP contribution in [0.15, 0.2) is 23.1 Å². The van der Waals surface area contributed by atoms with Gasteiger partial charge in [0, 0.05) is 11.4 Å². The van der Waals surface area contributed by atoms with Gasteiger partial charge in [0.2, 0.25) is 0 Å². The van der Waals surface area contributed by atoms with Crippen LogP contribution in [0, 0.1) is 6.92 Å². The number of anilines is 1. The number of hydrogen-bond acceptors (Lipinski definition) is 3. The van der Waals surface area contributed by atoms with Crippen LogP contribution in [0.3, 0.4) is 0 Å². The van der Waals surface area contributed by atoms with E-state index in [9.17, 15) is 4.21 Å². The lowest BCUT2D eigenvalue weighted by Gasteiger charge is -2.10. The molecule has 1 unspecified atom stereocenters. The molecule has 0 saturated carbocycles. The van der Waals surface area contributed by atoms with Gasteiger partial charge >= 0.3 is 0 Å². The summed E-state index contributed by atoms with van der Waals surface area (Å²) in [4.78, 5) is 2.87. The van der Waals surface area contributed by atoms with Crippen LogP contribution in [-0.2, 0) is 10.8 Å². The van der Waals surface area contributed by atoms with Gasteiger partial charge in [0.1, 0.15) is 0 Å². The van der Waals surface area contributed by atoms with Crippen LogP contribution in [0.25, 0.3) is 0 Å². The summed E-state index contributed by atoms with van der Waals surface area (Å²) in [5, 5.41) is 0. The van der Waals surface area contributed by atoms with Crippen LogP contribution in [0.2, 0.25) is 0 Å². The fourth-order valence-electron chi connectivity index (χ4n) is 1.46. The lowest BCUT2D eigenvalue weighted by Crippen LogP contribution is -2.15. The van der Waals surface area contributed by atoms with Gasteiger partial charge in [0.15, 0.2) is 0 Å². The average Bonchev–Trinajstić information content (AvgIpc) is 2.21. The van der Waals surface area contributed by atoms with Crippen LogP contribution in [0.1, 0.15) is 12.0 Å². The first kappa shape index (κ1) is 13.2. The van der Waals surface area contributed by atoms with Crippen LogP contribution in [-0.4, -0.2) is 35.5 Å². The molecule has 0 heterocycles. The highest BCUT2D eigenvalue weighted by Crippen LogP contribution is 2.18. The summed E-state index contributed by atoms with van der Waals surface area (Å²) in [6, 6.07) is 5.69. The van der Waals surface area contributed by atoms with Gasteiger partial charge in [-0.15, -0.1) is 0 Å². The molecule has 0 aliphatic rings. The maximum absolute atomic E-state index is 12.0. The predicted molar refractivity (Wildman–Crippen MR) is 70.0 cm³/mol. The van der Waals surface area contributed by atoms with Gasteiger partial charge in [-0.05, 0) is 51.7 Å². The van der Waals surface area contributed by atoms with Crippen molar-refractivity contribution >= 4 is 16.5 Å². The molecule has 1 rings (SSSR count). The quantitative estimate of drug-likeness (QED) is 0.796. The zero-order valence-electron chi connectivity index (χ0n) is 10.2. The maximum Gasteiger partial charge on any atom is 0.0620 e. The van der Waals surface area contributed by atoms with Gasteiger partial charge in [-0.1, -0.05) is 6.07 Å².